The molecule has 0 unspecified atom stereocenters. The predicted molar refractivity (Wildman–Crippen MR) is 105 cm³/mol. The smallest absolute Gasteiger partial charge is 0.301 e. The molecule has 1 amide bonds. The molecule has 0 heterocycles. The van der Waals surface area contributed by atoms with E-state index in [2.05, 4.69) is 100 Å². The molecule has 0 atom stereocenters. The Labute approximate surface area is 158 Å². The van der Waals surface area contributed by atoms with Crippen molar-refractivity contribution in [2.45, 2.75) is 6.92 Å². The van der Waals surface area contributed by atoms with Crippen molar-refractivity contribution in [1.29, 1.82) is 0 Å². The Hall–Kier alpha value is -5.03. The topological polar surface area (TPSA) is 49.3 Å². The second-order valence-corrected chi connectivity index (χ2v) is 4.13. The summed E-state index contributed by atoms with van der Waals surface area (Å²) in [6, 6.07) is 6.00. The van der Waals surface area contributed by atoms with Gasteiger partial charge in [0, 0.05) is 11.6 Å². The van der Waals surface area contributed by atoms with Crippen LogP contribution in [0.3, 0.4) is 0 Å². The maximum atomic E-state index is 11.5. The molecule has 0 aliphatic heterocycles. The first kappa shape index (κ1) is 20.0. The highest BCUT2D eigenvalue weighted by Crippen LogP contribution is 2.13. The number of rotatable bonds is 1. The number of carbonyl (C=O) groups is 1. The van der Waals surface area contributed by atoms with Gasteiger partial charge >= 0.3 is 5.91 Å². The zero-order chi connectivity index (χ0) is 19.6. The van der Waals surface area contributed by atoms with Gasteiger partial charge in [-0.3, -0.25) is 4.79 Å². The molecule has 0 aromatic heterocycles. The number of phenols is 1. The SMILES string of the molecule is CC#CC#CC#CC#CC#CC#CC#CC#CC(=O)Nc1ccc(O)cc1. The average molecular weight is 343 g/mol. The Kier molecular flexibility index (Phi) is 9.94. The Morgan fingerprint density at radius 3 is 1.56 bits per heavy atom. The number of aromatic hydroxyl groups is 1. The van der Waals surface area contributed by atoms with Crippen molar-refractivity contribution >= 4 is 11.6 Å². The highest BCUT2D eigenvalue weighted by Gasteiger charge is 1.96. The molecule has 2 N–H and O–H groups in total. The summed E-state index contributed by atoms with van der Waals surface area (Å²) >= 11 is 0. The average Bonchev–Trinajstić information content (AvgIpc) is 2.66. The number of nitrogens with one attached hydrogen (secondary N) is 1. The quantitative estimate of drug-likeness (QED) is 0.598. The first-order valence-electron chi connectivity index (χ1n) is 7.25. The Bertz CT molecular complexity index is 1210. The molecule has 0 bridgehead atoms. The number of hydrogen-bond acceptors (Lipinski definition) is 2. The standard InChI is InChI=1S/C24H9NO2/c1-2-3-4-5-6-7-8-9-10-11-12-13-14-15-16-17-24(27)25-22-18-20-23(26)21-19-22/h18-21,26H,1H3,(H,25,27). The Morgan fingerprint density at radius 2 is 1.11 bits per heavy atom. The van der Waals surface area contributed by atoms with E-state index in [0.29, 0.717) is 5.69 Å². The lowest BCUT2D eigenvalue weighted by atomic mass is 10.3. The molecular formula is C24H9NO2. The first-order valence-corrected chi connectivity index (χ1v) is 7.25. The van der Waals surface area contributed by atoms with Crippen LogP contribution >= 0.6 is 0 Å². The Balaban J connectivity index is 2.46. The van der Waals surface area contributed by atoms with E-state index < -0.39 is 5.91 Å². The zero-order valence-electron chi connectivity index (χ0n) is 14.2. The molecule has 0 spiro atoms. The summed E-state index contributed by atoms with van der Waals surface area (Å²) in [6.45, 7) is 1.69. The molecule has 0 aliphatic rings. The summed E-state index contributed by atoms with van der Waals surface area (Å²) < 4.78 is 0. The monoisotopic (exact) mass is 343 g/mol. The van der Waals surface area contributed by atoms with Crippen LogP contribution in [0.25, 0.3) is 0 Å². The van der Waals surface area contributed by atoms with E-state index in [0.717, 1.165) is 0 Å². The van der Waals surface area contributed by atoms with Gasteiger partial charge in [0.15, 0.2) is 0 Å². The molecule has 3 heteroatoms. The third-order valence-electron chi connectivity index (χ3n) is 2.24. The molecule has 0 saturated carbocycles. The summed E-state index contributed by atoms with van der Waals surface area (Å²) in [4.78, 5) is 11.5. The van der Waals surface area contributed by atoms with E-state index in [1.807, 2.05) is 0 Å². The maximum absolute atomic E-state index is 11.5. The van der Waals surface area contributed by atoms with Crippen LogP contribution in [0.1, 0.15) is 6.92 Å². The number of benzene rings is 1. The van der Waals surface area contributed by atoms with Crippen LogP contribution in [0.4, 0.5) is 5.69 Å². The van der Waals surface area contributed by atoms with Crippen molar-refractivity contribution in [1.82, 2.24) is 0 Å². The summed E-state index contributed by atoms with van der Waals surface area (Å²) in [7, 11) is 0. The van der Waals surface area contributed by atoms with Crippen LogP contribution in [0.2, 0.25) is 0 Å². The van der Waals surface area contributed by atoms with Gasteiger partial charge < -0.3 is 10.4 Å². The van der Waals surface area contributed by atoms with Crippen LogP contribution in [0.5, 0.6) is 5.75 Å². The predicted octanol–water partition coefficient (Wildman–Crippen LogP) is 1.38. The largest absolute Gasteiger partial charge is 0.508 e. The Morgan fingerprint density at radius 1 is 0.704 bits per heavy atom. The highest BCUT2D eigenvalue weighted by atomic mass is 16.3. The van der Waals surface area contributed by atoms with Gasteiger partial charge in [0.05, 0.1) is 0 Å². The molecule has 0 saturated heterocycles. The zero-order valence-corrected chi connectivity index (χ0v) is 14.2. The summed E-state index contributed by atoms with van der Waals surface area (Å²) in [5.74, 6) is 39.1. The van der Waals surface area contributed by atoms with E-state index >= 15 is 0 Å². The summed E-state index contributed by atoms with van der Waals surface area (Å²) in [5, 5.41) is 11.7. The van der Waals surface area contributed by atoms with Crippen molar-refractivity contribution in [3.63, 3.8) is 0 Å². The lowest BCUT2D eigenvalue weighted by Crippen LogP contribution is -2.07. The summed E-state index contributed by atoms with van der Waals surface area (Å²) in [5.41, 5.74) is 0.516. The van der Waals surface area contributed by atoms with Crippen LogP contribution in [0, 0.1) is 94.7 Å². The van der Waals surface area contributed by atoms with Crippen molar-refractivity contribution in [2.24, 2.45) is 0 Å². The number of anilines is 1. The number of amides is 1. The molecule has 0 aliphatic carbocycles. The van der Waals surface area contributed by atoms with Gasteiger partial charge in [0.2, 0.25) is 0 Å². The van der Waals surface area contributed by atoms with E-state index in [1.54, 1.807) is 19.1 Å². The van der Waals surface area contributed by atoms with Crippen LogP contribution < -0.4 is 5.32 Å². The van der Waals surface area contributed by atoms with E-state index in [9.17, 15) is 4.79 Å². The lowest BCUT2D eigenvalue weighted by Gasteiger charge is -1.99. The molecular weight excluding hydrogens is 334 g/mol. The molecule has 27 heavy (non-hydrogen) atoms. The fourth-order valence-corrected chi connectivity index (χ4v) is 1.23. The molecule has 0 radical (unpaired) electrons. The van der Waals surface area contributed by atoms with Gasteiger partial charge in [0.1, 0.15) is 5.75 Å². The normalized spacial score (nSPS) is 6.11. The summed E-state index contributed by atoms with van der Waals surface area (Å²) in [6.07, 6.45) is 0. The van der Waals surface area contributed by atoms with Crippen molar-refractivity contribution < 1.29 is 9.90 Å². The van der Waals surface area contributed by atoms with Gasteiger partial charge in [-0.05, 0) is 114 Å². The van der Waals surface area contributed by atoms with Crippen LogP contribution in [-0.2, 0) is 4.79 Å². The molecule has 0 fully saturated rings. The van der Waals surface area contributed by atoms with E-state index in [4.69, 9.17) is 5.11 Å². The van der Waals surface area contributed by atoms with Crippen molar-refractivity contribution in [3.05, 3.63) is 24.3 Å². The second kappa shape index (κ2) is 13.4. The van der Waals surface area contributed by atoms with Crippen molar-refractivity contribution in [3.8, 4) is 100 Å². The van der Waals surface area contributed by atoms with E-state index in [1.165, 1.54) is 12.1 Å². The van der Waals surface area contributed by atoms with Crippen LogP contribution in [-0.4, -0.2) is 11.0 Å². The van der Waals surface area contributed by atoms with Gasteiger partial charge in [-0.1, -0.05) is 5.92 Å². The minimum atomic E-state index is -0.523. The number of phenolic OH excluding ortho intramolecular Hbond substituents is 1. The maximum Gasteiger partial charge on any atom is 0.301 e. The van der Waals surface area contributed by atoms with Gasteiger partial charge in [-0.25, -0.2) is 0 Å². The van der Waals surface area contributed by atoms with Gasteiger partial charge in [-0.15, -0.1) is 0 Å². The second-order valence-electron chi connectivity index (χ2n) is 4.13. The van der Waals surface area contributed by atoms with Crippen LogP contribution in [0.15, 0.2) is 24.3 Å². The molecule has 1 rings (SSSR count). The first-order chi connectivity index (χ1) is 13.2. The minimum absolute atomic E-state index is 0.109. The highest BCUT2D eigenvalue weighted by molar-refractivity contribution is 6.04. The molecule has 1 aromatic rings. The van der Waals surface area contributed by atoms with Crippen molar-refractivity contribution in [2.75, 3.05) is 5.32 Å². The minimum Gasteiger partial charge on any atom is -0.508 e. The third kappa shape index (κ3) is 11.2. The molecule has 122 valence electrons. The lowest BCUT2D eigenvalue weighted by molar-refractivity contribution is -0.111. The third-order valence-corrected chi connectivity index (χ3v) is 2.24. The number of hydrogen-bond donors (Lipinski definition) is 2. The van der Waals surface area contributed by atoms with Gasteiger partial charge in [-0.2, -0.15) is 0 Å². The number of carbonyl (C=O) groups excluding carboxylic acids is 1. The molecule has 1 aromatic carbocycles. The van der Waals surface area contributed by atoms with E-state index in [-0.39, 0.29) is 5.75 Å². The molecule has 3 nitrogen and oxygen atoms in total. The fourth-order valence-electron chi connectivity index (χ4n) is 1.23. The van der Waals surface area contributed by atoms with Gasteiger partial charge in [0.25, 0.3) is 0 Å². The fraction of sp³-hybridized carbons (Fsp3) is 0.0417.